The summed E-state index contributed by atoms with van der Waals surface area (Å²) in [6.45, 7) is 16.7. The molecular formula is C17H31N3. The lowest BCUT2D eigenvalue weighted by Crippen LogP contribution is -2.53. The number of nitrogens with one attached hydrogen (secondary N) is 1. The predicted octanol–water partition coefficient (Wildman–Crippen LogP) is 3.55. The van der Waals surface area contributed by atoms with Crippen LogP contribution in [-0.4, -0.2) is 35.1 Å². The van der Waals surface area contributed by atoms with E-state index in [1.807, 2.05) is 12.4 Å². The van der Waals surface area contributed by atoms with E-state index >= 15 is 0 Å². The summed E-state index contributed by atoms with van der Waals surface area (Å²) in [5.74, 6) is 0. The Bertz CT molecular complexity index is 397. The molecular weight excluding hydrogens is 246 g/mol. The zero-order valence-corrected chi connectivity index (χ0v) is 14.0. The lowest BCUT2D eigenvalue weighted by Gasteiger charge is -2.44. The van der Waals surface area contributed by atoms with Crippen LogP contribution in [0.5, 0.6) is 0 Å². The number of nitrogens with zero attached hydrogens (tertiary/aromatic N) is 2. The molecule has 1 aromatic rings. The maximum Gasteiger partial charge on any atom is 0.0519 e. The van der Waals surface area contributed by atoms with E-state index < -0.39 is 0 Å². The Kier molecular flexibility index (Phi) is 6.63. The molecule has 0 aromatic carbocycles. The molecule has 1 unspecified atom stereocenters. The Morgan fingerprint density at radius 3 is 2.40 bits per heavy atom. The maximum atomic E-state index is 4.34. The van der Waals surface area contributed by atoms with Crippen molar-refractivity contribution in [3.05, 3.63) is 29.6 Å². The van der Waals surface area contributed by atoms with Gasteiger partial charge in [-0.3, -0.25) is 9.88 Å². The number of pyridine rings is 1. The summed E-state index contributed by atoms with van der Waals surface area (Å²) in [4.78, 5) is 6.86. The van der Waals surface area contributed by atoms with Crippen LogP contribution in [0.25, 0.3) is 0 Å². The van der Waals surface area contributed by atoms with Gasteiger partial charge in [0.05, 0.1) is 6.04 Å². The smallest absolute Gasteiger partial charge is 0.0519 e. The van der Waals surface area contributed by atoms with Crippen LogP contribution < -0.4 is 5.32 Å². The van der Waals surface area contributed by atoms with Gasteiger partial charge in [0.2, 0.25) is 0 Å². The summed E-state index contributed by atoms with van der Waals surface area (Å²) in [6.07, 6.45) is 5.04. The van der Waals surface area contributed by atoms with Crippen molar-refractivity contribution in [3.8, 4) is 0 Å². The SMILES string of the molecule is CCCNC(c1cnccc1C)C(C)(C)N(CC)CC. The largest absolute Gasteiger partial charge is 0.308 e. The van der Waals surface area contributed by atoms with Crippen molar-refractivity contribution < 1.29 is 0 Å². The minimum Gasteiger partial charge on any atom is -0.308 e. The van der Waals surface area contributed by atoms with E-state index in [9.17, 15) is 0 Å². The third-order valence-electron chi connectivity index (χ3n) is 4.27. The number of aryl methyl sites for hydroxylation is 1. The topological polar surface area (TPSA) is 28.2 Å². The van der Waals surface area contributed by atoms with Gasteiger partial charge in [-0.25, -0.2) is 0 Å². The molecule has 1 rings (SSSR count). The molecule has 1 N–H and O–H groups in total. The Balaban J connectivity index is 3.14. The Morgan fingerprint density at radius 2 is 1.90 bits per heavy atom. The molecule has 20 heavy (non-hydrogen) atoms. The summed E-state index contributed by atoms with van der Waals surface area (Å²) in [5, 5.41) is 3.73. The highest BCUT2D eigenvalue weighted by atomic mass is 15.2. The minimum absolute atomic E-state index is 0.0620. The summed E-state index contributed by atoms with van der Waals surface area (Å²) >= 11 is 0. The summed E-state index contributed by atoms with van der Waals surface area (Å²) < 4.78 is 0. The third kappa shape index (κ3) is 3.80. The van der Waals surface area contributed by atoms with Crippen molar-refractivity contribution in [1.29, 1.82) is 0 Å². The Labute approximate surface area is 124 Å². The van der Waals surface area contributed by atoms with Crippen LogP contribution in [-0.2, 0) is 0 Å². The second-order valence-corrected chi connectivity index (χ2v) is 5.95. The van der Waals surface area contributed by atoms with E-state index in [1.165, 1.54) is 11.1 Å². The van der Waals surface area contributed by atoms with Crippen molar-refractivity contribution in [2.75, 3.05) is 19.6 Å². The van der Waals surface area contributed by atoms with Gasteiger partial charge in [-0.2, -0.15) is 0 Å². The Hall–Kier alpha value is -0.930. The number of hydrogen-bond donors (Lipinski definition) is 1. The van der Waals surface area contributed by atoms with E-state index in [2.05, 4.69) is 62.8 Å². The zero-order valence-electron chi connectivity index (χ0n) is 14.0. The first-order chi connectivity index (χ1) is 9.48. The molecule has 3 heteroatoms. The van der Waals surface area contributed by atoms with Crippen LogP contribution in [0.4, 0.5) is 0 Å². The first-order valence-corrected chi connectivity index (χ1v) is 7.87. The van der Waals surface area contributed by atoms with E-state index in [4.69, 9.17) is 0 Å². The molecule has 0 spiro atoms. The van der Waals surface area contributed by atoms with Gasteiger partial charge >= 0.3 is 0 Å². The number of likely N-dealkylation sites (N-methyl/N-ethyl adjacent to an activating group) is 1. The molecule has 114 valence electrons. The number of aromatic nitrogens is 1. The van der Waals surface area contributed by atoms with Crippen molar-refractivity contribution in [2.24, 2.45) is 0 Å². The molecule has 0 saturated heterocycles. The molecule has 0 aliphatic carbocycles. The molecule has 0 aliphatic heterocycles. The van der Waals surface area contributed by atoms with Crippen LogP contribution in [0.3, 0.4) is 0 Å². The molecule has 1 heterocycles. The van der Waals surface area contributed by atoms with Crippen LogP contribution in [0.15, 0.2) is 18.5 Å². The minimum atomic E-state index is 0.0620. The lowest BCUT2D eigenvalue weighted by molar-refractivity contribution is 0.0908. The molecule has 1 aromatic heterocycles. The first kappa shape index (κ1) is 17.1. The van der Waals surface area contributed by atoms with E-state index in [1.54, 1.807) is 0 Å². The molecule has 0 bridgehead atoms. The number of hydrogen-bond acceptors (Lipinski definition) is 3. The number of rotatable bonds is 8. The van der Waals surface area contributed by atoms with Crippen molar-refractivity contribution >= 4 is 0 Å². The molecule has 0 amide bonds. The summed E-state index contributed by atoms with van der Waals surface area (Å²) in [6, 6.07) is 2.41. The highest BCUT2D eigenvalue weighted by Gasteiger charge is 2.35. The van der Waals surface area contributed by atoms with Gasteiger partial charge in [0.15, 0.2) is 0 Å². The third-order valence-corrected chi connectivity index (χ3v) is 4.27. The highest BCUT2D eigenvalue weighted by molar-refractivity contribution is 5.28. The fourth-order valence-corrected chi connectivity index (χ4v) is 3.03. The molecule has 0 saturated carbocycles. The molecule has 3 nitrogen and oxygen atoms in total. The van der Waals surface area contributed by atoms with E-state index in [-0.39, 0.29) is 5.54 Å². The monoisotopic (exact) mass is 277 g/mol. The average Bonchev–Trinajstić information content (AvgIpc) is 2.42. The van der Waals surface area contributed by atoms with Crippen LogP contribution >= 0.6 is 0 Å². The molecule has 0 fully saturated rings. The Morgan fingerprint density at radius 1 is 1.25 bits per heavy atom. The summed E-state index contributed by atoms with van der Waals surface area (Å²) in [5.41, 5.74) is 2.69. The van der Waals surface area contributed by atoms with Crippen molar-refractivity contribution in [3.63, 3.8) is 0 Å². The quantitative estimate of drug-likeness (QED) is 0.787. The summed E-state index contributed by atoms with van der Waals surface area (Å²) in [7, 11) is 0. The van der Waals surface area contributed by atoms with Gasteiger partial charge in [0.1, 0.15) is 0 Å². The zero-order chi connectivity index (χ0) is 15.2. The second-order valence-electron chi connectivity index (χ2n) is 5.95. The van der Waals surface area contributed by atoms with Gasteiger partial charge in [0.25, 0.3) is 0 Å². The first-order valence-electron chi connectivity index (χ1n) is 7.87. The van der Waals surface area contributed by atoms with Crippen LogP contribution in [0.2, 0.25) is 0 Å². The van der Waals surface area contributed by atoms with Crippen molar-refractivity contribution in [2.45, 2.75) is 59.5 Å². The molecule has 1 atom stereocenters. The molecule has 0 aliphatic rings. The van der Waals surface area contributed by atoms with E-state index in [0.717, 1.165) is 26.1 Å². The lowest BCUT2D eigenvalue weighted by atomic mass is 9.85. The van der Waals surface area contributed by atoms with Crippen molar-refractivity contribution in [1.82, 2.24) is 15.2 Å². The average molecular weight is 277 g/mol. The van der Waals surface area contributed by atoms with Gasteiger partial charge in [-0.05, 0) is 64.0 Å². The maximum absolute atomic E-state index is 4.34. The standard InChI is InChI=1S/C17H31N3/c1-7-11-19-16(15-13-18-12-10-14(15)4)17(5,6)20(8-2)9-3/h10,12-13,16,19H,7-9,11H2,1-6H3. The van der Waals surface area contributed by atoms with Gasteiger partial charge in [0, 0.05) is 17.9 Å². The predicted molar refractivity (Wildman–Crippen MR) is 87.0 cm³/mol. The fraction of sp³-hybridized carbons (Fsp3) is 0.706. The van der Waals surface area contributed by atoms with E-state index in [0.29, 0.717) is 6.04 Å². The van der Waals surface area contributed by atoms with Crippen LogP contribution in [0.1, 0.15) is 58.2 Å². The van der Waals surface area contributed by atoms with Gasteiger partial charge in [-0.15, -0.1) is 0 Å². The van der Waals surface area contributed by atoms with Gasteiger partial charge < -0.3 is 5.32 Å². The molecule has 0 radical (unpaired) electrons. The normalized spacial score (nSPS) is 13.8. The van der Waals surface area contributed by atoms with Crippen LogP contribution in [0, 0.1) is 6.92 Å². The second kappa shape index (κ2) is 7.75. The van der Waals surface area contributed by atoms with Gasteiger partial charge in [-0.1, -0.05) is 20.8 Å². The highest BCUT2D eigenvalue weighted by Crippen LogP contribution is 2.32. The fourth-order valence-electron chi connectivity index (χ4n) is 3.03.